The highest BCUT2D eigenvalue weighted by Crippen LogP contribution is 2.16. The SMILES string of the molecule is CC(C)C(Br)C(=O)Nc1ccc(CC#N)cc1. The number of nitrogens with one attached hydrogen (secondary N) is 1. The Bertz CT molecular complexity index is 420. The van der Waals surface area contributed by atoms with E-state index in [9.17, 15) is 4.79 Å². The van der Waals surface area contributed by atoms with E-state index in [-0.39, 0.29) is 16.7 Å². The standard InChI is InChI=1S/C13H15BrN2O/c1-9(2)12(14)13(17)16-11-5-3-10(4-6-11)7-8-15/h3-6,9,12H,7H2,1-2H3,(H,16,17). The van der Waals surface area contributed by atoms with Gasteiger partial charge in [0.1, 0.15) is 0 Å². The summed E-state index contributed by atoms with van der Waals surface area (Å²) in [5.74, 6) is 0.195. The summed E-state index contributed by atoms with van der Waals surface area (Å²) in [4.78, 5) is 11.6. The molecule has 0 aliphatic carbocycles. The predicted molar refractivity (Wildman–Crippen MR) is 71.9 cm³/mol. The Kier molecular flexibility index (Phi) is 5.17. The molecule has 90 valence electrons. The number of nitriles is 1. The summed E-state index contributed by atoms with van der Waals surface area (Å²) in [5, 5.41) is 11.4. The molecule has 0 saturated heterocycles. The van der Waals surface area contributed by atoms with Crippen LogP contribution in [0.15, 0.2) is 24.3 Å². The van der Waals surface area contributed by atoms with Crippen molar-refractivity contribution in [3.63, 3.8) is 0 Å². The second-order valence-corrected chi connectivity index (χ2v) is 5.15. The van der Waals surface area contributed by atoms with Crippen molar-refractivity contribution in [2.45, 2.75) is 25.1 Å². The van der Waals surface area contributed by atoms with Crippen molar-refractivity contribution < 1.29 is 4.79 Å². The molecule has 0 aromatic heterocycles. The minimum absolute atomic E-state index is 0.0481. The van der Waals surface area contributed by atoms with E-state index in [2.05, 4.69) is 27.3 Å². The third-order valence-corrected chi connectivity index (χ3v) is 3.81. The molecule has 4 heteroatoms. The Balaban J connectivity index is 2.64. The van der Waals surface area contributed by atoms with Gasteiger partial charge in [-0.3, -0.25) is 4.79 Å². The Hall–Kier alpha value is -1.34. The molecule has 1 amide bonds. The third-order valence-electron chi connectivity index (χ3n) is 2.34. The summed E-state index contributed by atoms with van der Waals surface area (Å²) in [6.07, 6.45) is 0.390. The number of hydrogen-bond acceptors (Lipinski definition) is 2. The number of halogens is 1. The summed E-state index contributed by atoms with van der Waals surface area (Å²) < 4.78 is 0. The van der Waals surface area contributed by atoms with Gasteiger partial charge in [-0.15, -0.1) is 0 Å². The molecule has 0 heterocycles. The molecule has 0 radical (unpaired) electrons. The molecule has 1 unspecified atom stereocenters. The predicted octanol–water partition coefficient (Wildman–Crippen LogP) is 3.11. The van der Waals surface area contributed by atoms with E-state index in [1.54, 1.807) is 0 Å². The van der Waals surface area contributed by atoms with Crippen LogP contribution in [0.1, 0.15) is 19.4 Å². The number of hydrogen-bond donors (Lipinski definition) is 1. The largest absolute Gasteiger partial charge is 0.325 e. The number of carbonyl (C=O) groups is 1. The quantitative estimate of drug-likeness (QED) is 0.868. The van der Waals surface area contributed by atoms with Crippen molar-refractivity contribution in [1.82, 2.24) is 0 Å². The molecule has 1 rings (SSSR count). The van der Waals surface area contributed by atoms with Gasteiger partial charge in [-0.1, -0.05) is 41.9 Å². The van der Waals surface area contributed by atoms with E-state index in [0.29, 0.717) is 6.42 Å². The molecule has 0 saturated carbocycles. The first kappa shape index (κ1) is 13.7. The second kappa shape index (κ2) is 6.41. The van der Waals surface area contributed by atoms with Crippen LogP contribution in [0.4, 0.5) is 5.69 Å². The molecule has 1 N–H and O–H groups in total. The van der Waals surface area contributed by atoms with E-state index in [4.69, 9.17) is 5.26 Å². The number of nitrogens with zero attached hydrogens (tertiary/aromatic N) is 1. The maximum absolute atomic E-state index is 11.8. The first-order valence-electron chi connectivity index (χ1n) is 5.45. The van der Waals surface area contributed by atoms with Crippen molar-refractivity contribution in [1.29, 1.82) is 5.26 Å². The van der Waals surface area contributed by atoms with E-state index >= 15 is 0 Å². The van der Waals surface area contributed by atoms with E-state index in [0.717, 1.165) is 11.3 Å². The van der Waals surface area contributed by atoms with Crippen molar-refractivity contribution in [2.24, 2.45) is 5.92 Å². The van der Waals surface area contributed by atoms with Gasteiger partial charge in [0.2, 0.25) is 5.91 Å². The molecule has 1 aromatic rings. The first-order chi connectivity index (χ1) is 8.04. The summed E-state index contributed by atoms with van der Waals surface area (Å²) in [5.41, 5.74) is 1.70. The summed E-state index contributed by atoms with van der Waals surface area (Å²) in [7, 11) is 0. The van der Waals surface area contributed by atoms with Crippen LogP contribution in [0, 0.1) is 17.2 Å². The molecule has 1 aromatic carbocycles. The molecule has 3 nitrogen and oxygen atoms in total. The fourth-order valence-corrected chi connectivity index (χ4v) is 1.43. The van der Waals surface area contributed by atoms with Gasteiger partial charge in [0.15, 0.2) is 0 Å². The average molecular weight is 295 g/mol. The topological polar surface area (TPSA) is 52.9 Å². The lowest BCUT2D eigenvalue weighted by atomic mass is 10.1. The minimum Gasteiger partial charge on any atom is -0.325 e. The highest BCUT2D eigenvalue weighted by molar-refractivity contribution is 9.10. The highest BCUT2D eigenvalue weighted by Gasteiger charge is 2.18. The van der Waals surface area contributed by atoms with Gasteiger partial charge < -0.3 is 5.32 Å². The molecular weight excluding hydrogens is 280 g/mol. The lowest BCUT2D eigenvalue weighted by Gasteiger charge is -2.13. The van der Waals surface area contributed by atoms with Gasteiger partial charge in [-0.25, -0.2) is 0 Å². The van der Waals surface area contributed by atoms with E-state index in [1.807, 2.05) is 38.1 Å². The van der Waals surface area contributed by atoms with Gasteiger partial charge in [-0.2, -0.15) is 5.26 Å². The van der Waals surface area contributed by atoms with E-state index in [1.165, 1.54) is 0 Å². The fourth-order valence-electron chi connectivity index (χ4n) is 1.31. The van der Waals surface area contributed by atoms with Gasteiger partial charge >= 0.3 is 0 Å². The lowest BCUT2D eigenvalue weighted by Crippen LogP contribution is -2.26. The third kappa shape index (κ3) is 4.20. The number of anilines is 1. The smallest absolute Gasteiger partial charge is 0.238 e. The number of alkyl halides is 1. The maximum atomic E-state index is 11.8. The van der Waals surface area contributed by atoms with Crippen molar-refractivity contribution in [3.8, 4) is 6.07 Å². The van der Waals surface area contributed by atoms with Crippen molar-refractivity contribution >= 4 is 27.5 Å². The molecule has 0 spiro atoms. The first-order valence-corrected chi connectivity index (χ1v) is 6.37. The van der Waals surface area contributed by atoms with Crippen LogP contribution in [0.2, 0.25) is 0 Å². The summed E-state index contributed by atoms with van der Waals surface area (Å²) in [6.45, 7) is 3.96. The van der Waals surface area contributed by atoms with Gasteiger partial charge in [-0.05, 0) is 23.6 Å². The molecule has 0 aliphatic heterocycles. The van der Waals surface area contributed by atoms with Gasteiger partial charge in [0.05, 0.1) is 17.3 Å². The van der Waals surface area contributed by atoms with Gasteiger partial charge in [0, 0.05) is 5.69 Å². The fraction of sp³-hybridized carbons (Fsp3) is 0.385. The van der Waals surface area contributed by atoms with Crippen LogP contribution in [-0.4, -0.2) is 10.7 Å². The van der Waals surface area contributed by atoms with Crippen molar-refractivity contribution in [3.05, 3.63) is 29.8 Å². The zero-order valence-electron chi connectivity index (χ0n) is 9.90. The van der Waals surface area contributed by atoms with Gasteiger partial charge in [0.25, 0.3) is 0 Å². The summed E-state index contributed by atoms with van der Waals surface area (Å²) >= 11 is 3.35. The highest BCUT2D eigenvalue weighted by atomic mass is 79.9. The Morgan fingerprint density at radius 1 is 1.41 bits per heavy atom. The van der Waals surface area contributed by atoms with Crippen LogP contribution in [-0.2, 0) is 11.2 Å². The van der Waals surface area contributed by atoms with Crippen LogP contribution in [0.3, 0.4) is 0 Å². The molecular formula is C13H15BrN2O. The zero-order chi connectivity index (χ0) is 12.8. The van der Waals surface area contributed by atoms with E-state index < -0.39 is 0 Å². The van der Waals surface area contributed by atoms with Crippen molar-refractivity contribution in [2.75, 3.05) is 5.32 Å². The minimum atomic E-state index is -0.193. The lowest BCUT2D eigenvalue weighted by molar-refractivity contribution is -0.116. The van der Waals surface area contributed by atoms with Crippen LogP contribution in [0.25, 0.3) is 0 Å². The molecule has 17 heavy (non-hydrogen) atoms. The number of carbonyl (C=O) groups excluding carboxylic acids is 1. The Labute approximate surface area is 110 Å². The van der Waals surface area contributed by atoms with Crippen LogP contribution >= 0.6 is 15.9 Å². The molecule has 1 atom stereocenters. The summed E-state index contributed by atoms with van der Waals surface area (Å²) in [6, 6.07) is 9.39. The zero-order valence-corrected chi connectivity index (χ0v) is 11.5. The number of rotatable bonds is 4. The Morgan fingerprint density at radius 3 is 2.47 bits per heavy atom. The maximum Gasteiger partial charge on any atom is 0.238 e. The Morgan fingerprint density at radius 2 is 2.00 bits per heavy atom. The molecule has 0 aliphatic rings. The second-order valence-electron chi connectivity index (χ2n) is 4.17. The number of benzene rings is 1. The normalized spacial score (nSPS) is 11.9. The average Bonchev–Trinajstić information content (AvgIpc) is 2.30. The molecule has 0 fully saturated rings. The van der Waals surface area contributed by atoms with Crippen LogP contribution in [0.5, 0.6) is 0 Å². The van der Waals surface area contributed by atoms with Crippen LogP contribution < -0.4 is 5.32 Å². The molecule has 0 bridgehead atoms. The monoisotopic (exact) mass is 294 g/mol. The number of amides is 1.